The topological polar surface area (TPSA) is 47.8 Å². The van der Waals surface area contributed by atoms with Crippen LogP contribution in [0.15, 0.2) is 90.0 Å². The van der Waals surface area contributed by atoms with Crippen LogP contribution in [0.3, 0.4) is 0 Å². The molecule has 0 saturated carbocycles. The van der Waals surface area contributed by atoms with Crippen molar-refractivity contribution in [3.63, 3.8) is 0 Å². The Balaban J connectivity index is 1.70. The van der Waals surface area contributed by atoms with Gasteiger partial charge in [-0.25, -0.2) is 4.39 Å². The Hall–Kier alpha value is -3.60. The van der Waals surface area contributed by atoms with Crippen LogP contribution >= 0.6 is 0 Å². The highest BCUT2D eigenvalue weighted by atomic mass is 19.1. The largest absolute Gasteiger partial charge is 0.271 e. The number of pyridine rings is 1. The van der Waals surface area contributed by atoms with Gasteiger partial charge in [-0.2, -0.15) is 9.78 Å². The minimum Gasteiger partial charge on any atom is -0.267 e. The molecule has 4 rings (SSSR count). The molecule has 0 N–H and O–H groups in total. The van der Waals surface area contributed by atoms with Crippen LogP contribution in [-0.4, -0.2) is 14.8 Å². The molecule has 0 radical (unpaired) electrons. The van der Waals surface area contributed by atoms with E-state index >= 15 is 0 Å². The third-order valence-electron chi connectivity index (χ3n) is 4.05. The number of rotatable bonds is 3. The predicted molar refractivity (Wildman–Crippen MR) is 98.5 cm³/mol. The standard InChI is InChI=1S/C21H14FN3O/c22-18-9-7-16(8-10-18)15-3-5-17(6-4-15)20-11-12-21(26)25(24-20)19-2-1-13-23-14-19/h1-14H. The molecule has 0 aliphatic heterocycles. The number of halogens is 1. The van der Waals surface area contributed by atoms with E-state index in [4.69, 9.17) is 0 Å². The second kappa shape index (κ2) is 6.72. The van der Waals surface area contributed by atoms with Crippen molar-refractivity contribution < 1.29 is 4.39 Å². The van der Waals surface area contributed by atoms with Crippen molar-refractivity contribution in [2.24, 2.45) is 0 Å². The van der Waals surface area contributed by atoms with Gasteiger partial charge in [0.05, 0.1) is 17.6 Å². The second-order valence-electron chi connectivity index (χ2n) is 5.76. The van der Waals surface area contributed by atoms with Gasteiger partial charge in [0.1, 0.15) is 5.82 Å². The summed E-state index contributed by atoms with van der Waals surface area (Å²) >= 11 is 0. The maximum absolute atomic E-state index is 13.1. The van der Waals surface area contributed by atoms with Crippen LogP contribution in [0.1, 0.15) is 0 Å². The highest BCUT2D eigenvalue weighted by Crippen LogP contribution is 2.23. The van der Waals surface area contributed by atoms with Gasteiger partial charge in [-0.15, -0.1) is 0 Å². The second-order valence-corrected chi connectivity index (χ2v) is 5.76. The molecule has 0 amide bonds. The zero-order valence-electron chi connectivity index (χ0n) is 13.7. The summed E-state index contributed by atoms with van der Waals surface area (Å²) < 4.78 is 14.4. The molecule has 2 aromatic heterocycles. The summed E-state index contributed by atoms with van der Waals surface area (Å²) in [5.74, 6) is -0.257. The lowest BCUT2D eigenvalue weighted by Gasteiger charge is -2.08. The number of benzene rings is 2. The Bertz CT molecular complexity index is 1090. The van der Waals surface area contributed by atoms with Crippen LogP contribution in [0.4, 0.5) is 4.39 Å². The SMILES string of the molecule is O=c1ccc(-c2ccc(-c3ccc(F)cc3)cc2)nn1-c1cccnc1. The molecule has 2 heterocycles. The third kappa shape index (κ3) is 3.15. The van der Waals surface area contributed by atoms with E-state index in [0.717, 1.165) is 16.7 Å². The first kappa shape index (κ1) is 15.9. The minimum atomic E-state index is -0.257. The Labute approximate surface area is 149 Å². The minimum absolute atomic E-state index is 0.218. The molecule has 5 heteroatoms. The third-order valence-corrected chi connectivity index (χ3v) is 4.05. The first-order valence-electron chi connectivity index (χ1n) is 8.08. The molecular weight excluding hydrogens is 329 g/mol. The van der Waals surface area contributed by atoms with Crippen molar-refractivity contribution in [2.75, 3.05) is 0 Å². The Morgan fingerprint density at radius 2 is 1.42 bits per heavy atom. The molecule has 2 aromatic carbocycles. The number of hydrogen-bond acceptors (Lipinski definition) is 3. The molecule has 26 heavy (non-hydrogen) atoms. The highest BCUT2D eigenvalue weighted by molar-refractivity contribution is 5.68. The average Bonchev–Trinajstić information content (AvgIpc) is 2.70. The molecule has 0 aliphatic rings. The van der Waals surface area contributed by atoms with E-state index in [-0.39, 0.29) is 11.4 Å². The monoisotopic (exact) mass is 343 g/mol. The zero-order valence-corrected chi connectivity index (χ0v) is 13.7. The van der Waals surface area contributed by atoms with Gasteiger partial charge in [0, 0.05) is 17.8 Å². The lowest BCUT2D eigenvalue weighted by molar-refractivity contribution is 0.628. The number of nitrogens with zero attached hydrogens (tertiary/aromatic N) is 3. The van der Waals surface area contributed by atoms with Crippen molar-refractivity contribution in [1.82, 2.24) is 14.8 Å². The van der Waals surface area contributed by atoms with Crippen LogP contribution in [-0.2, 0) is 0 Å². The fourth-order valence-corrected chi connectivity index (χ4v) is 2.70. The normalized spacial score (nSPS) is 10.7. The lowest BCUT2D eigenvalue weighted by Crippen LogP contribution is -2.20. The Morgan fingerprint density at radius 3 is 2.08 bits per heavy atom. The van der Waals surface area contributed by atoms with Gasteiger partial charge in [0.25, 0.3) is 5.56 Å². The number of hydrogen-bond donors (Lipinski definition) is 0. The van der Waals surface area contributed by atoms with Crippen molar-refractivity contribution >= 4 is 0 Å². The summed E-state index contributed by atoms with van der Waals surface area (Å²) in [5.41, 5.74) is 3.88. The molecule has 0 fully saturated rings. The molecule has 4 nitrogen and oxygen atoms in total. The summed E-state index contributed by atoms with van der Waals surface area (Å²) in [5, 5.41) is 4.44. The summed E-state index contributed by atoms with van der Waals surface area (Å²) in [6.45, 7) is 0. The van der Waals surface area contributed by atoms with Gasteiger partial charge < -0.3 is 0 Å². The van der Waals surface area contributed by atoms with Gasteiger partial charge in [0.15, 0.2) is 0 Å². The van der Waals surface area contributed by atoms with E-state index in [1.807, 2.05) is 24.3 Å². The maximum Gasteiger partial charge on any atom is 0.271 e. The molecule has 4 aromatic rings. The van der Waals surface area contributed by atoms with Gasteiger partial charge in [-0.3, -0.25) is 9.78 Å². The van der Waals surface area contributed by atoms with E-state index in [1.165, 1.54) is 22.9 Å². The number of aromatic nitrogens is 3. The van der Waals surface area contributed by atoms with E-state index in [0.29, 0.717) is 11.4 Å². The molecule has 0 aliphatic carbocycles. The van der Waals surface area contributed by atoms with Crippen molar-refractivity contribution in [2.45, 2.75) is 0 Å². The Morgan fingerprint density at radius 1 is 0.769 bits per heavy atom. The van der Waals surface area contributed by atoms with E-state index in [1.54, 1.807) is 42.7 Å². The molecule has 0 spiro atoms. The summed E-state index contributed by atoms with van der Waals surface area (Å²) in [7, 11) is 0. The van der Waals surface area contributed by atoms with E-state index in [2.05, 4.69) is 10.1 Å². The van der Waals surface area contributed by atoms with Gasteiger partial charge >= 0.3 is 0 Å². The van der Waals surface area contributed by atoms with Crippen LogP contribution in [0.25, 0.3) is 28.1 Å². The first-order chi connectivity index (χ1) is 12.7. The van der Waals surface area contributed by atoms with Crippen LogP contribution in [0, 0.1) is 5.82 Å². The summed E-state index contributed by atoms with van der Waals surface area (Å²) in [6, 6.07) is 20.8. The molecule has 0 unspecified atom stereocenters. The summed E-state index contributed by atoms with van der Waals surface area (Å²) in [6.07, 6.45) is 3.24. The zero-order chi connectivity index (χ0) is 17.9. The summed E-state index contributed by atoms with van der Waals surface area (Å²) in [4.78, 5) is 16.1. The fraction of sp³-hybridized carbons (Fsp3) is 0. The van der Waals surface area contributed by atoms with E-state index < -0.39 is 0 Å². The predicted octanol–water partition coefficient (Wildman–Crippen LogP) is 4.10. The van der Waals surface area contributed by atoms with Crippen molar-refractivity contribution in [3.05, 3.63) is 101 Å². The van der Waals surface area contributed by atoms with Crippen LogP contribution in [0.2, 0.25) is 0 Å². The first-order valence-corrected chi connectivity index (χ1v) is 8.08. The van der Waals surface area contributed by atoms with Crippen LogP contribution < -0.4 is 5.56 Å². The smallest absolute Gasteiger partial charge is 0.267 e. The molecule has 0 bridgehead atoms. The van der Waals surface area contributed by atoms with E-state index in [9.17, 15) is 9.18 Å². The fourth-order valence-electron chi connectivity index (χ4n) is 2.70. The highest BCUT2D eigenvalue weighted by Gasteiger charge is 2.06. The molecule has 126 valence electrons. The maximum atomic E-state index is 13.1. The quantitative estimate of drug-likeness (QED) is 0.563. The molecule has 0 saturated heterocycles. The van der Waals surface area contributed by atoms with Gasteiger partial charge in [0.2, 0.25) is 0 Å². The van der Waals surface area contributed by atoms with Gasteiger partial charge in [-0.1, -0.05) is 36.4 Å². The lowest BCUT2D eigenvalue weighted by atomic mass is 10.0. The molecule has 0 atom stereocenters. The average molecular weight is 343 g/mol. The van der Waals surface area contributed by atoms with Gasteiger partial charge in [-0.05, 0) is 41.5 Å². The Kier molecular flexibility index (Phi) is 4.11. The van der Waals surface area contributed by atoms with Crippen LogP contribution in [0.5, 0.6) is 0 Å². The molecular formula is C21H14FN3O. The van der Waals surface area contributed by atoms with Crippen molar-refractivity contribution in [1.29, 1.82) is 0 Å². The van der Waals surface area contributed by atoms with Crippen molar-refractivity contribution in [3.8, 4) is 28.1 Å².